The van der Waals surface area contributed by atoms with Gasteiger partial charge in [-0.3, -0.25) is 4.79 Å². The van der Waals surface area contributed by atoms with Gasteiger partial charge in [-0.2, -0.15) is 0 Å². The second kappa shape index (κ2) is 6.28. The molecule has 4 nitrogen and oxygen atoms in total. The van der Waals surface area contributed by atoms with Gasteiger partial charge in [0, 0.05) is 25.1 Å². The Hall–Kier alpha value is -1.53. The number of rotatable bonds is 4. The third-order valence-electron chi connectivity index (χ3n) is 2.62. The molecule has 1 heterocycles. The molecule has 0 unspecified atom stereocenters. The summed E-state index contributed by atoms with van der Waals surface area (Å²) in [6.45, 7) is 1.78. The Bertz CT molecular complexity index is 632. The second-order valence-corrected chi connectivity index (χ2v) is 5.91. The summed E-state index contributed by atoms with van der Waals surface area (Å²) in [5.41, 5.74) is 0.466. The number of anilines is 1. The molecule has 0 aliphatic carbocycles. The van der Waals surface area contributed by atoms with E-state index in [0.717, 1.165) is 5.16 Å². The molecule has 2 rings (SSSR count). The molecule has 1 amide bonds. The van der Waals surface area contributed by atoms with Gasteiger partial charge < -0.3 is 9.88 Å². The molecule has 1 aromatic carbocycles. The maximum atomic E-state index is 13.0. The lowest BCUT2D eigenvalue weighted by molar-refractivity contribution is -0.115. The summed E-state index contributed by atoms with van der Waals surface area (Å²) >= 11 is 7.01. The fourth-order valence-electron chi connectivity index (χ4n) is 1.49. The van der Waals surface area contributed by atoms with Gasteiger partial charge in [0.2, 0.25) is 5.91 Å². The zero-order chi connectivity index (χ0) is 14.7. The highest BCUT2D eigenvalue weighted by atomic mass is 35.5. The van der Waals surface area contributed by atoms with E-state index < -0.39 is 5.82 Å². The first kappa shape index (κ1) is 14.9. The van der Waals surface area contributed by atoms with Crippen LogP contribution in [0.4, 0.5) is 10.1 Å². The van der Waals surface area contributed by atoms with Gasteiger partial charge >= 0.3 is 0 Å². The number of nitrogens with one attached hydrogen (secondary N) is 1. The molecule has 106 valence electrons. The molecule has 2 aromatic rings. The number of halogens is 2. The first-order valence-corrected chi connectivity index (χ1v) is 7.13. The van der Waals surface area contributed by atoms with E-state index in [1.807, 2.05) is 17.8 Å². The molecular weight excluding hydrogens is 301 g/mol. The lowest BCUT2D eigenvalue weighted by Crippen LogP contribution is -2.22. The molecule has 20 heavy (non-hydrogen) atoms. The molecule has 1 atom stereocenters. The van der Waals surface area contributed by atoms with Crippen molar-refractivity contribution in [2.45, 2.75) is 17.3 Å². The topological polar surface area (TPSA) is 46.9 Å². The Balaban J connectivity index is 2.00. The minimum atomic E-state index is -0.514. The molecule has 0 aliphatic rings. The Morgan fingerprint density at radius 3 is 2.90 bits per heavy atom. The monoisotopic (exact) mass is 313 g/mol. The van der Waals surface area contributed by atoms with E-state index in [0.29, 0.717) is 5.69 Å². The number of hydrogen-bond acceptors (Lipinski definition) is 3. The predicted octanol–water partition coefficient (Wildman–Crippen LogP) is 3.33. The number of nitrogens with zero attached hydrogens (tertiary/aromatic N) is 2. The van der Waals surface area contributed by atoms with Crippen LogP contribution in [-0.4, -0.2) is 20.7 Å². The van der Waals surface area contributed by atoms with Crippen LogP contribution in [0.3, 0.4) is 0 Å². The van der Waals surface area contributed by atoms with Crippen LogP contribution in [0.5, 0.6) is 0 Å². The van der Waals surface area contributed by atoms with E-state index in [2.05, 4.69) is 10.3 Å². The SMILES string of the molecule is C[C@@H](Sc1nccn1C)C(=O)Nc1ccc(F)c(Cl)c1. The average Bonchev–Trinajstić information content (AvgIpc) is 2.79. The van der Waals surface area contributed by atoms with Gasteiger partial charge in [0.25, 0.3) is 0 Å². The molecule has 0 aliphatic heterocycles. The van der Waals surface area contributed by atoms with Crippen molar-refractivity contribution in [3.8, 4) is 0 Å². The highest BCUT2D eigenvalue weighted by Gasteiger charge is 2.17. The Morgan fingerprint density at radius 1 is 1.55 bits per heavy atom. The maximum absolute atomic E-state index is 13.0. The second-order valence-electron chi connectivity index (χ2n) is 4.20. The minimum Gasteiger partial charge on any atom is -0.329 e. The van der Waals surface area contributed by atoms with Gasteiger partial charge in [-0.05, 0) is 25.1 Å². The Morgan fingerprint density at radius 2 is 2.30 bits per heavy atom. The summed E-state index contributed by atoms with van der Waals surface area (Å²) in [5, 5.41) is 3.09. The van der Waals surface area contributed by atoms with Crippen molar-refractivity contribution in [1.82, 2.24) is 9.55 Å². The summed E-state index contributed by atoms with van der Waals surface area (Å²) in [5.74, 6) is -0.708. The zero-order valence-electron chi connectivity index (χ0n) is 10.9. The van der Waals surface area contributed by atoms with Crippen LogP contribution < -0.4 is 5.32 Å². The van der Waals surface area contributed by atoms with E-state index in [-0.39, 0.29) is 16.2 Å². The van der Waals surface area contributed by atoms with E-state index in [1.165, 1.54) is 30.0 Å². The predicted molar refractivity (Wildman–Crippen MR) is 78.6 cm³/mol. The number of carbonyl (C=O) groups excluding carboxylic acids is 1. The summed E-state index contributed by atoms with van der Waals surface area (Å²) < 4.78 is 14.9. The van der Waals surface area contributed by atoms with Crippen LogP contribution in [0.15, 0.2) is 35.7 Å². The first-order valence-electron chi connectivity index (χ1n) is 5.87. The maximum Gasteiger partial charge on any atom is 0.237 e. The van der Waals surface area contributed by atoms with Gasteiger partial charge in [-0.1, -0.05) is 23.4 Å². The Labute approximate surface area is 125 Å². The number of amides is 1. The molecular formula is C13H13ClFN3OS. The first-order chi connectivity index (χ1) is 9.47. The fourth-order valence-corrected chi connectivity index (χ4v) is 2.51. The summed E-state index contributed by atoms with van der Waals surface area (Å²) in [6.07, 6.45) is 3.49. The minimum absolute atomic E-state index is 0.0211. The number of carbonyl (C=O) groups is 1. The van der Waals surface area contributed by atoms with Crippen LogP contribution in [0.1, 0.15) is 6.92 Å². The van der Waals surface area contributed by atoms with Crippen molar-refractivity contribution in [2.24, 2.45) is 7.05 Å². The van der Waals surface area contributed by atoms with Crippen LogP contribution >= 0.6 is 23.4 Å². The van der Waals surface area contributed by atoms with Crippen molar-refractivity contribution in [1.29, 1.82) is 0 Å². The van der Waals surface area contributed by atoms with Gasteiger partial charge in [-0.25, -0.2) is 9.37 Å². The molecule has 0 fully saturated rings. The summed E-state index contributed by atoms with van der Waals surface area (Å²) in [6, 6.07) is 4.07. The fraction of sp³-hybridized carbons (Fsp3) is 0.231. The number of aryl methyl sites for hydroxylation is 1. The van der Waals surface area contributed by atoms with E-state index in [4.69, 9.17) is 11.6 Å². The molecule has 0 bridgehead atoms. The number of thioether (sulfide) groups is 1. The van der Waals surface area contributed by atoms with Crippen molar-refractivity contribution in [3.63, 3.8) is 0 Å². The van der Waals surface area contributed by atoms with Crippen LogP contribution in [-0.2, 0) is 11.8 Å². The normalized spacial score (nSPS) is 12.2. The van der Waals surface area contributed by atoms with Crippen LogP contribution in [0.2, 0.25) is 5.02 Å². The van der Waals surface area contributed by atoms with E-state index >= 15 is 0 Å². The van der Waals surface area contributed by atoms with Crippen LogP contribution in [0.25, 0.3) is 0 Å². The number of aromatic nitrogens is 2. The largest absolute Gasteiger partial charge is 0.329 e. The smallest absolute Gasteiger partial charge is 0.237 e. The highest BCUT2D eigenvalue weighted by molar-refractivity contribution is 8.00. The molecule has 0 saturated heterocycles. The third kappa shape index (κ3) is 3.52. The molecule has 1 N–H and O–H groups in total. The van der Waals surface area contributed by atoms with Crippen molar-refractivity contribution in [2.75, 3.05) is 5.32 Å². The van der Waals surface area contributed by atoms with E-state index in [9.17, 15) is 9.18 Å². The third-order valence-corrected chi connectivity index (χ3v) is 4.08. The lowest BCUT2D eigenvalue weighted by Gasteiger charge is -2.12. The van der Waals surface area contributed by atoms with Gasteiger partial charge in [0.15, 0.2) is 5.16 Å². The molecule has 0 spiro atoms. The van der Waals surface area contributed by atoms with Crippen LogP contribution in [0, 0.1) is 5.82 Å². The molecule has 0 saturated carbocycles. The van der Waals surface area contributed by atoms with Gasteiger partial charge in [-0.15, -0.1) is 0 Å². The highest BCUT2D eigenvalue weighted by Crippen LogP contribution is 2.23. The lowest BCUT2D eigenvalue weighted by atomic mass is 10.3. The quantitative estimate of drug-likeness (QED) is 0.881. The average molecular weight is 314 g/mol. The summed E-state index contributed by atoms with van der Waals surface area (Å²) in [7, 11) is 1.86. The van der Waals surface area contributed by atoms with Gasteiger partial charge in [0.05, 0.1) is 10.3 Å². The summed E-state index contributed by atoms with van der Waals surface area (Å²) in [4.78, 5) is 16.2. The number of benzene rings is 1. The van der Waals surface area contributed by atoms with Crippen molar-refractivity contribution >= 4 is 35.0 Å². The number of hydrogen-bond donors (Lipinski definition) is 1. The molecule has 0 radical (unpaired) electrons. The Kier molecular flexibility index (Phi) is 4.67. The number of imidazole rings is 1. The zero-order valence-corrected chi connectivity index (χ0v) is 12.5. The molecule has 1 aromatic heterocycles. The van der Waals surface area contributed by atoms with Gasteiger partial charge in [0.1, 0.15) is 5.82 Å². The molecule has 7 heteroatoms. The van der Waals surface area contributed by atoms with E-state index in [1.54, 1.807) is 13.1 Å². The standard InChI is InChI=1S/C13H13ClFN3OS/c1-8(20-13-16-5-6-18(13)2)12(19)17-9-3-4-11(15)10(14)7-9/h3-8H,1-2H3,(H,17,19)/t8-/m1/s1. The van der Waals surface area contributed by atoms with Crippen molar-refractivity contribution < 1.29 is 9.18 Å². The van der Waals surface area contributed by atoms with Crippen molar-refractivity contribution in [3.05, 3.63) is 41.4 Å².